The molecule has 3 atom stereocenters. The van der Waals surface area contributed by atoms with E-state index in [9.17, 15) is 28.0 Å². The van der Waals surface area contributed by atoms with Crippen molar-refractivity contribution in [3.8, 4) is 11.8 Å². The molecule has 2 N–H and O–H groups in total. The van der Waals surface area contributed by atoms with E-state index < -0.39 is 45.7 Å². The highest BCUT2D eigenvalue weighted by molar-refractivity contribution is 8.04. The second-order valence-electron chi connectivity index (χ2n) is 18.3. The van der Waals surface area contributed by atoms with Gasteiger partial charge in [-0.05, 0) is 131 Å². The molecule has 73 heavy (non-hydrogen) atoms. The molecule has 11 nitrogen and oxygen atoms in total. The Bertz CT molecular complexity index is 2990. The van der Waals surface area contributed by atoms with Crippen molar-refractivity contribution in [2.75, 3.05) is 13.2 Å². The Hall–Kier alpha value is -5.30. The molecule has 10 rings (SSSR count). The first kappa shape index (κ1) is 52.6. The number of nitrogens with zero attached hydrogens (tertiary/aromatic N) is 2. The van der Waals surface area contributed by atoms with E-state index in [-0.39, 0.29) is 39.3 Å². The molecule has 0 bridgehead atoms. The zero-order valence-electron chi connectivity index (χ0n) is 39.5. The Morgan fingerprint density at radius 1 is 0.712 bits per heavy atom. The number of thioether (sulfide) groups is 2. The first-order valence-electron chi connectivity index (χ1n) is 23.9. The summed E-state index contributed by atoms with van der Waals surface area (Å²) in [5, 5.41) is 13.3. The van der Waals surface area contributed by atoms with Crippen LogP contribution in [0.1, 0.15) is 93.6 Å². The van der Waals surface area contributed by atoms with Gasteiger partial charge in [0.1, 0.15) is 38.6 Å². The largest absolute Gasteiger partial charge is 0.477 e. The zero-order valence-corrected chi connectivity index (χ0v) is 44.3. The Balaban J connectivity index is 0.000000180. The van der Waals surface area contributed by atoms with Gasteiger partial charge in [-0.3, -0.25) is 19.2 Å². The molecular formula is C54H50Cl2F2N4O7S4. The van der Waals surface area contributed by atoms with E-state index in [2.05, 4.69) is 10.6 Å². The molecule has 2 amide bonds. The van der Waals surface area contributed by atoms with Gasteiger partial charge >= 0.3 is 5.97 Å². The topological polar surface area (TPSA) is 146 Å². The Morgan fingerprint density at radius 3 is 1.71 bits per heavy atom. The van der Waals surface area contributed by atoms with Crippen LogP contribution in [0.2, 0.25) is 10.0 Å². The van der Waals surface area contributed by atoms with Gasteiger partial charge in [0.15, 0.2) is 5.78 Å². The van der Waals surface area contributed by atoms with E-state index >= 15 is 0 Å². The van der Waals surface area contributed by atoms with Crippen molar-refractivity contribution < 1.29 is 42.2 Å². The van der Waals surface area contributed by atoms with Crippen molar-refractivity contribution in [3.63, 3.8) is 0 Å². The number of halogens is 4. The number of nitrogens with one attached hydrogen (secondary N) is 2. The van der Waals surface area contributed by atoms with Gasteiger partial charge in [0.2, 0.25) is 17.7 Å². The van der Waals surface area contributed by atoms with Gasteiger partial charge in [0.25, 0.3) is 5.91 Å². The highest BCUT2D eigenvalue weighted by Crippen LogP contribution is 2.46. The molecule has 2 aliphatic carbocycles. The lowest BCUT2D eigenvalue weighted by atomic mass is 9.79. The summed E-state index contributed by atoms with van der Waals surface area (Å²) < 4.78 is 44.7. The fourth-order valence-corrected chi connectivity index (χ4v) is 13.5. The van der Waals surface area contributed by atoms with Crippen molar-refractivity contribution in [1.82, 2.24) is 20.6 Å². The number of ether oxygens (including phenoxy) is 3. The van der Waals surface area contributed by atoms with Crippen LogP contribution < -0.4 is 20.1 Å². The van der Waals surface area contributed by atoms with Crippen LogP contribution in [0.15, 0.2) is 127 Å². The number of piperidine rings is 1. The number of aromatic nitrogens is 2. The monoisotopic (exact) mass is 1100 g/mol. The molecule has 4 aliphatic rings. The molecule has 19 heteroatoms. The predicted molar refractivity (Wildman–Crippen MR) is 281 cm³/mol. The van der Waals surface area contributed by atoms with Crippen molar-refractivity contribution in [2.24, 2.45) is 11.8 Å². The molecular weight excluding hydrogens is 1050 g/mol. The number of benzene rings is 2. The molecule has 2 aromatic carbocycles. The van der Waals surface area contributed by atoms with Gasteiger partial charge < -0.3 is 24.8 Å². The third kappa shape index (κ3) is 12.3. The van der Waals surface area contributed by atoms with Crippen molar-refractivity contribution in [3.05, 3.63) is 161 Å². The molecule has 1 saturated heterocycles. The highest BCUT2D eigenvalue weighted by atomic mass is 35.5. The number of thiophene rings is 2. The number of esters is 1. The quantitative estimate of drug-likeness (QED) is 0.0748. The van der Waals surface area contributed by atoms with E-state index in [1.54, 1.807) is 6.07 Å². The molecule has 0 radical (unpaired) electrons. The van der Waals surface area contributed by atoms with Crippen LogP contribution in [0.25, 0.3) is 0 Å². The summed E-state index contributed by atoms with van der Waals surface area (Å²) >= 11 is 17.4. The third-order valence-electron chi connectivity index (χ3n) is 13.3. The van der Waals surface area contributed by atoms with Gasteiger partial charge in [-0.25, -0.2) is 18.7 Å². The number of carbonyl (C=O) groups excluding carboxylic acids is 4. The number of hydrogen-bond donors (Lipinski definition) is 2. The van der Waals surface area contributed by atoms with Crippen LogP contribution in [-0.2, 0) is 35.0 Å². The van der Waals surface area contributed by atoms with Crippen molar-refractivity contribution in [1.29, 1.82) is 0 Å². The second-order valence-corrected chi connectivity index (χ2v) is 22.9. The first-order chi connectivity index (χ1) is 35.3. The molecule has 4 aromatic heterocycles. The second kappa shape index (κ2) is 23.5. The molecule has 6 aromatic rings. The molecule has 3 unspecified atom stereocenters. The normalized spacial score (nSPS) is 21.3. The summed E-state index contributed by atoms with van der Waals surface area (Å²) in [6, 6.07) is 22.6. The summed E-state index contributed by atoms with van der Waals surface area (Å²) in [7, 11) is 0. The SMILES string of the molecule is CC(=O)OC1=C(Sc2ccc(F)cc2Cl)C(=O)NC(c2ccsc2)(c2cccc(OCC3CCCC3)n2)C1.O=C1CC(c2ccsc2)(c2cccc(OCC3CCCC3)n2)NC(=O)C1Sc1ccc(F)cc1Cl. The third-order valence-corrected chi connectivity index (χ3v) is 18.0. The van der Waals surface area contributed by atoms with E-state index in [0.29, 0.717) is 58.0 Å². The maximum atomic E-state index is 13.7. The number of amides is 2. The number of hydrogen-bond acceptors (Lipinski definition) is 13. The van der Waals surface area contributed by atoms with Crippen LogP contribution in [-0.4, -0.2) is 52.0 Å². The molecule has 6 heterocycles. The number of pyridine rings is 2. The fraction of sp³-hybridized carbons (Fsp3) is 0.333. The maximum absolute atomic E-state index is 13.7. The van der Waals surface area contributed by atoms with Crippen LogP contribution in [0.5, 0.6) is 11.8 Å². The van der Waals surface area contributed by atoms with Crippen LogP contribution in [0.4, 0.5) is 8.78 Å². The van der Waals surface area contributed by atoms with Crippen LogP contribution >= 0.6 is 69.4 Å². The highest BCUT2D eigenvalue weighted by Gasteiger charge is 2.49. The van der Waals surface area contributed by atoms with Gasteiger partial charge in [-0.15, -0.1) is 11.8 Å². The first-order valence-corrected chi connectivity index (χ1v) is 28.2. The summed E-state index contributed by atoms with van der Waals surface area (Å²) in [6.45, 7) is 2.51. The summed E-state index contributed by atoms with van der Waals surface area (Å²) in [5.74, 6) is -0.430. The Kier molecular flexibility index (Phi) is 16.9. The van der Waals surface area contributed by atoms with Gasteiger partial charge in [-0.1, -0.05) is 72.8 Å². The Morgan fingerprint density at radius 2 is 1.23 bits per heavy atom. The lowest BCUT2D eigenvalue weighted by Gasteiger charge is -2.39. The maximum Gasteiger partial charge on any atom is 0.307 e. The van der Waals surface area contributed by atoms with Crippen molar-refractivity contribution in [2.45, 2.75) is 97.3 Å². The smallest absolute Gasteiger partial charge is 0.307 e. The fourth-order valence-electron chi connectivity index (χ4n) is 9.60. The minimum absolute atomic E-state index is 0.0328. The molecule has 0 spiro atoms. The summed E-state index contributed by atoms with van der Waals surface area (Å²) in [6.07, 6.45) is 9.74. The minimum Gasteiger partial charge on any atom is -0.477 e. The van der Waals surface area contributed by atoms with Gasteiger partial charge in [0, 0.05) is 41.7 Å². The molecule has 2 saturated carbocycles. The van der Waals surface area contributed by atoms with Crippen LogP contribution in [0.3, 0.4) is 0 Å². The summed E-state index contributed by atoms with van der Waals surface area (Å²) in [4.78, 5) is 63.2. The predicted octanol–water partition coefficient (Wildman–Crippen LogP) is 12.8. The van der Waals surface area contributed by atoms with E-state index in [1.807, 2.05) is 64.0 Å². The Labute approximate surface area is 448 Å². The van der Waals surface area contributed by atoms with E-state index in [0.717, 1.165) is 47.5 Å². The summed E-state index contributed by atoms with van der Waals surface area (Å²) in [5.41, 5.74) is 0.555. The van der Waals surface area contributed by atoms with Crippen molar-refractivity contribution >= 4 is 93.0 Å². The number of carbonyl (C=O) groups is 4. The molecule has 380 valence electrons. The molecule has 3 fully saturated rings. The zero-order chi connectivity index (χ0) is 51.1. The lowest BCUT2D eigenvalue weighted by molar-refractivity contribution is -0.138. The standard InChI is InChI=1S/C28H26ClFN2O4S2.C26H24ClFN2O3S2/c1-17(33)36-22-14-28(19-11-12-37-16-19,24-7-4-8-25(31-24)35-15-18-5-2-3-6-18)32-27(34)26(22)38-23-10-9-20(30)13-21(23)29;27-19-12-18(28)8-9-21(19)35-24-20(31)13-26(30-25(24)32,17-10-11-34-15-17)22-6-3-7-23(29-22)33-14-16-4-1-2-5-16/h4,7-13,16,18H,2-3,5-6,14-15H2,1H3,(H,32,34);3,6-12,15-16,24H,1-2,4-5,13-14H2,(H,30,32). The number of rotatable bonds is 15. The molecule has 2 aliphatic heterocycles. The van der Waals surface area contributed by atoms with Gasteiger partial charge in [-0.2, -0.15) is 22.7 Å². The average molecular weight is 1100 g/mol. The minimum atomic E-state index is -1.09. The number of ketones is 1. The number of Topliss-reactive ketones (excluding diaryl/α,β-unsaturated/α-hetero) is 1. The van der Waals surface area contributed by atoms with Crippen LogP contribution in [0, 0.1) is 23.5 Å². The van der Waals surface area contributed by atoms with Gasteiger partial charge in [0.05, 0.1) is 34.6 Å². The average Bonchev–Trinajstić information content (AvgIpc) is 4.24. The van der Waals surface area contributed by atoms with E-state index in [4.69, 9.17) is 47.4 Å². The van der Waals surface area contributed by atoms with E-state index in [1.165, 1.54) is 105 Å². The lowest BCUT2D eigenvalue weighted by Crippen LogP contribution is -2.58.